The molecule has 55 valence electrons. The number of aromatic nitrogens is 2. The van der Waals surface area contributed by atoms with Crippen molar-refractivity contribution in [3.8, 4) is 5.69 Å². The molecule has 1 aromatic carbocycles. The summed E-state index contributed by atoms with van der Waals surface area (Å²) < 4.78 is 1.95. The van der Waals surface area contributed by atoms with Gasteiger partial charge in [0.2, 0.25) is 0 Å². The predicted octanol–water partition coefficient (Wildman–Crippen LogP) is 1.67. The number of hydrogen-bond acceptors (Lipinski definition) is 1. The Balaban J connectivity index is 0.000000720. The van der Waals surface area contributed by atoms with Crippen LogP contribution in [-0.4, -0.2) is 9.55 Å². The molecule has 2 rings (SSSR count). The van der Waals surface area contributed by atoms with Crippen LogP contribution in [0.3, 0.4) is 0 Å². The van der Waals surface area contributed by atoms with Crippen molar-refractivity contribution in [1.29, 1.82) is 0 Å². The van der Waals surface area contributed by atoms with Crippen molar-refractivity contribution >= 4 is 0 Å². The van der Waals surface area contributed by atoms with E-state index in [1.54, 1.807) is 12.5 Å². The third kappa shape index (κ3) is 1.80. The van der Waals surface area contributed by atoms with Gasteiger partial charge >= 0.3 is 0 Å². The molecule has 0 N–H and O–H groups in total. The van der Waals surface area contributed by atoms with Gasteiger partial charge in [0.15, 0.2) is 0 Å². The monoisotopic (exact) mass is 207 g/mol. The molecule has 0 saturated heterocycles. The number of imidazole rings is 1. The van der Waals surface area contributed by atoms with E-state index >= 15 is 0 Å². The molecule has 2 aromatic rings. The van der Waals surface area contributed by atoms with Crippen LogP contribution in [0.4, 0.5) is 0 Å². The van der Waals surface area contributed by atoms with Crippen LogP contribution >= 0.6 is 0 Å². The van der Waals surface area contributed by atoms with Gasteiger partial charge in [0.1, 0.15) is 0 Å². The molecule has 2 nitrogen and oxygen atoms in total. The third-order valence-electron chi connectivity index (χ3n) is 1.50. The van der Waals surface area contributed by atoms with Gasteiger partial charge in [-0.25, -0.2) is 4.98 Å². The van der Waals surface area contributed by atoms with Crippen LogP contribution < -0.4 is 0 Å². The van der Waals surface area contributed by atoms with Crippen molar-refractivity contribution in [2.45, 2.75) is 0 Å². The molecule has 3 heteroatoms. The fourth-order valence-corrected chi connectivity index (χ4v) is 0.962. The van der Waals surface area contributed by atoms with Crippen LogP contribution in [0.15, 0.2) is 43.0 Å². The number of nitrogens with zero attached hydrogens (tertiary/aromatic N) is 2. The Hall–Kier alpha value is -0.947. The molecule has 0 bridgehead atoms. The molecule has 0 amide bonds. The maximum absolute atomic E-state index is 3.95. The molecular formula is C9H7N2Zn. The van der Waals surface area contributed by atoms with Crippen LogP contribution in [-0.2, 0) is 19.5 Å². The van der Waals surface area contributed by atoms with Crippen molar-refractivity contribution in [1.82, 2.24) is 9.55 Å². The predicted molar refractivity (Wildman–Crippen MR) is 42.4 cm³/mol. The van der Waals surface area contributed by atoms with Crippen molar-refractivity contribution < 1.29 is 19.5 Å². The Labute approximate surface area is 84.0 Å². The van der Waals surface area contributed by atoms with Gasteiger partial charge in [0, 0.05) is 37.6 Å². The van der Waals surface area contributed by atoms with Gasteiger partial charge in [0.05, 0.1) is 6.33 Å². The van der Waals surface area contributed by atoms with Crippen LogP contribution in [0.25, 0.3) is 5.69 Å². The summed E-state index contributed by atoms with van der Waals surface area (Å²) >= 11 is 0. The molecule has 0 unspecified atom stereocenters. The van der Waals surface area contributed by atoms with Gasteiger partial charge in [-0.15, -0.1) is 0 Å². The van der Waals surface area contributed by atoms with Gasteiger partial charge in [-0.3, -0.25) is 0 Å². The Kier molecular flexibility index (Phi) is 3.18. The number of rotatable bonds is 1. The van der Waals surface area contributed by atoms with E-state index in [2.05, 4.69) is 11.1 Å². The Morgan fingerprint density at radius 1 is 1.25 bits per heavy atom. The fourth-order valence-electron chi connectivity index (χ4n) is 0.962. The molecule has 0 aliphatic heterocycles. The molecule has 1 heterocycles. The molecule has 1 aromatic heterocycles. The Bertz CT molecular complexity index is 316. The summed E-state index contributed by atoms with van der Waals surface area (Å²) in [4.78, 5) is 3.95. The maximum atomic E-state index is 3.95. The van der Waals surface area contributed by atoms with Crippen molar-refractivity contribution in [2.75, 3.05) is 0 Å². The molecule has 1 radical (unpaired) electrons. The maximum Gasteiger partial charge on any atom is 0.0991 e. The minimum atomic E-state index is 0. The SMILES string of the molecule is [Zn].[c]1ccc(-n2ccnc2)cc1. The number of hydrogen-bond donors (Lipinski definition) is 0. The first kappa shape index (κ1) is 9.14. The summed E-state index contributed by atoms with van der Waals surface area (Å²) in [6.45, 7) is 0. The minimum Gasteiger partial charge on any atom is -0.306 e. The smallest absolute Gasteiger partial charge is 0.0991 e. The molecule has 0 aliphatic carbocycles. The zero-order valence-corrected chi connectivity index (χ0v) is 9.61. The third-order valence-corrected chi connectivity index (χ3v) is 1.50. The average molecular weight is 209 g/mol. The summed E-state index contributed by atoms with van der Waals surface area (Å²) in [6.07, 6.45) is 5.45. The van der Waals surface area contributed by atoms with E-state index in [1.165, 1.54) is 0 Å². The summed E-state index contributed by atoms with van der Waals surface area (Å²) in [5, 5.41) is 0. The Morgan fingerprint density at radius 3 is 2.58 bits per heavy atom. The van der Waals surface area contributed by atoms with Gasteiger partial charge in [-0.2, -0.15) is 0 Å². The minimum absolute atomic E-state index is 0. The van der Waals surface area contributed by atoms with E-state index in [9.17, 15) is 0 Å². The topological polar surface area (TPSA) is 17.8 Å². The molecule has 0 fully saturated rings. The summed E-state index contributed by atoms with van der Waals surface area (Å²) in [7, 11) is 0. The molecular weight excluding hydrogens is 202 g/mol. The fraction of sp³-hybridized carbons (Fsp3) is 0. The van der Waals surface area contributed by atoms with Crippen molar-refractivity contribution in [3.05, 3.63) is 49.1 Å². The molecule has 0 aliphatic rings. The summed E-state index contributed by atoms with van der Waals surface area (Å²) in [5.74, 6) is 0. The first-order chi connectivity index (χ1) is 5.47. The number of benzene rings is 1. The van der Waals surface area contributed by atoms with Crippen molar-refractivity contribution in [3.63, 3.8) is 0 Å². The normalized spacial score (nSPS) is 9.00. The van der Waals surface area contributed by atoms with Gasteiger partial charge < -0.3 is 4.57 Å². The first-order valence-electron chi connectivity index (χ1n) is 3.41. The largest absolute Gasteiger partial charge is 0.306 e. The van der Waals surface area contributed by atoms with E-state index in [4.69, 9.17) is 0 Å². The summed E-state index contributed by atoms with van der Waals surface area (Å²) in [5.41, 5.74) is 1.11. The van der Waals surface area contributed by atoms with Crippen LogP contribution in [0.5, 0.6) is 0 Å². The van der Waals surface area contributed by atoms with E-state index in [0.29, 0.717) is 0 Å². The molecule has 0 atom stereocenters. The van der Waals surface area contributed by atoms with Crippen molar-refractivity contribution in [2.24, 2.45) is 0 Å². The molecule has 12 heavy (non-hydrogen) atoms. The Morgan fingerprint density at radius 2 is 2.00 bits per heavy atom. The molecule has 0 spiro atoms. The van der Waals surface area contributed by atoms with E-state index in [-0.39, 0.29) is 19.5 Å². The van der Waals surface area contributed by atoms with Crippen LogP contribution in [0.2, 0.25) is 0 Å². The second-order valence-electron chi connectivity index (χ2n) is 2.23. The second kappa shape index (κ2) is 4.17. The van der Waals surface area contributed by atoms with E-state index in [1.807, 2.05) is 35.0 Å². The molecule has 0 saturated carbocycles. The van der Waals surface area contributed by atoms with E-state index in [0.717, 1.165) is 5.69 Å². The van der Waals surface area contributed by atoms with E-state index < -0.39 is 0 Å². The zero-order chi connectivity index (χ0) is 7.52. The van der Waals surface area contributed by atoms with Crippen LogP contribution in [0, 0.1) is 6.07 Å². The standard InChI is InChI=1S/C9H7N2.Zn/c1-2-4-9(5-3-1)11-7-6-10-8-11;/h2-8H;. The van der Waals surface area contributed by atoms with Gasteiger partial charge in [0.25, 0.3) is 0 Å². The first-order valence-corrected chi connectivity index (χ1v) is 3.41. The summed E-state index contributed by atoms with van der Waals surface area (Å²) in [6, 6.07) is 10.7. The second-order valence-corrected chi connectivity index (χ2v) is 2.23. The van der Waals surface area contributed by atoms with Gasteiger partial charge in [-0.1, -0.05) is 12.1 Å². The quantitative estimate of drug-likeness (QED) is 0.652. The average Bonchev–Trinajstić information content (AvgIpc) is 2.58. The van der Waals surface area contributed by atoms with Gasteiger partial charge in [-0.05, 0) is 18.2 Å². The van der Waals surface area contributed by atoms with Crippen LogP contribution in [0.1, 0.15) is 0 Å². The zero-order valence-electron chi connectivity index (χ0n) is 6.64.